The molecule has 0 radical (unpaired) electrons. The molecule has 1 amide bonds. The minimum Gasteiger partial charge on any atom is -0.334 e. The normalized spacial score (nSPS) is 14.6. The van der Waals surface area contributed by atoms with Crippen LogP contribution in [0.4, 0.5) is 5.69 Å². The third-order valence-electron chi connectivity index (χ3n) is 3.77. The van der Waals surface area contributed by atoms with Crippen LogP contribution in [0.3, 0.4) is 0 Å². The number of nitrogens with zero attached hydrogens (tertiary/aromatic N) is 2. The third kappa shape index (κ3) is 3.48. The molecule has 0 fully saturated rings. The zero-order valence-corrected chi connectivity index (χ0v) is 13.4. The number of carbonyl (C=O) groups is 1. The predicted molar refractivity (Wildman–Crippen MR) is 90.1 cm³/mol. The molecule has 5 nitrogen and oxygen atoms in total. The van der Waals surface area contributed by atoms with Gasteiger partial charge in [-0.1, -0.05) is 12.1 Å². The van der Waals surface area contributed by atoms with Crippen molar-refractivity contribution in [2.75, 3.05) is 5.32 Å². The van der Waals surface area contributed by atoms with Gasteiger partial charge in [-0.15, -0.1) is 12.4 Å². The third-order valence-corrected chi connectivity index (χ3v) is 3.77. The summed E-state index contributed by atoms with van der Waals surface area (Å²) in [5.74, 6) is 0.991. The molecule has 2 heterocycles. The summed E-state index contributed by atoms with van der Waals surface area (Å²) < 4.78 is 2.24. The van der Waals surface area contributed by atoms with E-state index in [1.54, 1.807) is 6.92 Å². The van der Waals surface area contributed by atoms with Gasteiger partial charge in [-0.3, -0.25) is 4.79 Å². The van der Waals surface area contributed by atoms with E-state index in [-0.39, 0.29) is 18.3 Å². The van der Waals surface area contributed by atoms with Gasteiger partial charge in [0.2, 0.25) is 5.91 Å². The van der Waals surface area contributed by atoms with Crippen molar-refractivity contribution in [3.8, 4) is 11.3 Å². The van der Waals surface area contributed by atoms with Gasteiger partial charge in [-0.05, 0) is 31.9 Å². The molecule has 1 aliphatic heterocycles. The van der Waals surface area contributed by atoms with E-state index in [4.69, 9.17) is 10.7 Å². The Labute approximate surface area is 136 Å². The summed E-state index contributed by atoms with van der Waals surface area (Å²) in [5.41, 5.74) is 8.35. The van der Waals surface area contributed by atoms with Crippen LogP contribution in [0.2, 0.25) is 0 Å². The molecule has 0 bridgehead atoms. The number of imidazole rings is 1. The largest absolute Gasteiger partial charge is 0.334 e. The summed E-state index contributed by atoms with van der Waals surface area (Å²) in [4.78, 5) is 16.2. The lowest BCUT2D eigenvalue weighted by atomic mass is 10.1. The first kappa shape index (κ1) is 16.5. The highest BCUT2D eigenvalue weighted by Crippen LogP contribution is 2.23. The van der Waals surface area contributed by atoms with E-state index >= 15 is 0 Å². The maximum absolute atomic E-state index is 11.5. The molecule has 0 saturated heterocycles. The molecule has 118 valence electrons. The van der Waals surface area contributed by atoms with Crippen molar-refractivity contribution in [1.82, 2.24) is 9.55 Å². The van der Waals surface area contributed by atoms with Gasteiger partial charge < -0.3 is 15.6 Å². The average Bonchev–Trinajstić information content (AvgIpc) is 2.91. The van der Waals surface area contributed by atoms with Gasteiger partial charge in [0.05, 0.1) is 11.7 Å². The molecule has 1 aliphatic rings. The van der Waals surface area contributed by atoms with Crippen LogP contribution in [0.15, 0.2) is 30.5 Å². The van der Waals surface area contributed by atoms with Crippen molar-refractivity contribution < 1.29 is 4.79 Å². The first-order chi connectivity index (χ1) is 10.1. The number of aryl methyl sites for hydroxylation is 2. The van der Waals surface area contributed by atoms with Crippen LogP contribution in [-0.2, 0) is 17.8 Å². The number of hydrogen-bond donors (Lipinski definition) is 2. The van der Waals surface area contributed by atoms with Crippen molar-refractivity contribution in [3.05, 3.63) is 36.3 Å². The number of halogens is 1. The predicted octanol–water partition coefficient (Wildman–Crippen LogP) is 2.59. The number of nitrogens with one attached hydrogen (secondary N) is 1. The molecule has 0 aliphatic carbocycles. The monoisotopic (exact) mass is 320 g/mol. The van der Waals surface area contributed by atoms with E-state index in [0.29, 0.717) is 0 Å². The summed E-state index contributed by atoms with van der Waals surface area (Å²) in [6, 6.07) is 7.21. The highest BCUT2D eigenvalue weighted by molar-refractivity contribution is 5.94. The maximum Gasteiger partial charge on any atom is 0.240 e. The molecule has 3 rings (SSSR count). The Morgan fingerprint density at radius 3 is 2.68 bits per heavy atom. The molecule has 1 aromatic carbocycles. The molecule has 3 N–H and O–H groups in total. The molecule has 0 spiro atoms. The van der Waals surface area contributed by atoms with E-state index in [1.165, 1.54) is 18.7 Å². The minimum atomic E-state index is -0.510. The lowest BCUT2D eigenvalue weighted by Gasteiger charge is -2.11. The van der Waals surface area contributed by atoms with E-state index in [9.17, 15) is 4.79 Å². The number of rotatable bonds is 3. The SMILES string of the molecule is CC(N)C(=O)Nc1ccc(-c2cn3c(n2)CCCC3)cc1.Cl. The van der Waals surface area contributed by atoms with E-state index in [1.807, 2.05) is 24.3 Å². The van der Waals surface area contributed by atoms with Crippen LogP contribution in [0.5, 0.6) is 0 Å². The van der Waals surface area contributed by atoms with Crippen LogP contribution >= 0.6 is 12.4 Å². The van der Waals surface area contributed by atoms with E-state index in [0.717, 1.165) is 29.9 Å². The minimum absolute atomic E-state index is 0. The number of fused-ring (bicyclic) bond motifs is 1. The Balaban J connectivity index is 0.00000176. The lowest BCUT2D eigenvalue weighted by molar-refractivity contribution is -0.117. The second-order valence-electron chi connectivity index (χ2n) is 5.55. The van der Waals surface area contributed by atoms with Crippen LogP contribution < -0.4 is 11.1 Å². The molecule has 1 atom stereocenters. The summed E-state index contributed by atoms with van der Waals surface area (Å²) >= 11 is 0. The van der Waals surface area contributed by atoms with E-state index < -0.39 is 6.04 Å². The first-order valence-electron chi connectivity index (χ1n) is 7.36. The fourth-order valence-corrected chi connectivity index (χ4v) is 2.53. The summed E-state index contributed by atoms with van der Waals surface area (Å²) in [5, 5.41) is 2.78. The molecule has 1 aromatic heterocycles. The summed E-state index contributed by atoms with van der Waals surface area (Å²) in [6.07, 6.45) is 5.62. The van der Waals surface area contributed by atoms with Crippen LogP contribution in [0.25, 0.3) is 11.3 Å². The summed E-state index contributed by atoms with van der Waals surface area (Å²) in [7, 11) is 0. The summed E-state index contributed by atoms with van der Waals surface area (Å²) in [6.45, 7) is 2.73. The smallest absolute Gasteiger partial charge is 0.240 e. The zero-order chi connectivity index (χ0) is 14.8. The van der Waals surface area contributed by atoms with Gasteiger partial charge in [0, 0.05) is 30.4 Å². The van der Waals surface area contributed by atoms with E-state index in [2.05, 4.69) is 16.1 Å². The van der Waals surface area contributed by atoms with Crippen molar-refractivity contribution in [3.63, 3.8) is 0 Å². The fraction of sp³-hybridized carbons (Fsp3) is 0.375. The number of hydrogen-bond acceptors (Lipinski definition) is 3. The molecule has 0 saturated carbocycles. The Kier molecular flexibility index (Phi) is 5.21. The van der Waals surface area contributed by atoms with Crippen LogP contribution in [0, 0.1) is 0 Å². The van der Waals surface area contributed by atoms with Gasteiger partial charge in [-0.25, -0.2) is 4.98 Å². The highest BCUT2D eigenvalue weighted by Gasteiger charge is 2.13. The maximum atomic E-state index is 11.5. The number of anilines is 1. The zero-order valence-electron chi connectivity index (χ0n) is 12.6. The fourth-order valence-electron chi connectivity index (χ4n) is 2.53. The van der Waals surface area contributed by atoms with Crippen molar-refractivity contribution in [2.45, 2.75) is 38.8 Å². The second-order valence-corrected chi connectivity index (χ2v) is 5.55. The molecule has 1 unspecified atom stereocenters. The molecule has 22 heavy (non-hydrogen) atoms. The molecule has 2 aromatic rings. The second kappa shape index (κ2) is 6.94. The quantitative estimate of drug-likeness (QED) is 0.913. The van der Waals surface area contributed by atoms with Gasteiger partial charge >= 0.3 is 0 Å². The number of nitrogens with two attached hydrogens (primary N) is 1. The topological polar surface area (TPSA) is 72.9 Å². The number of benzene rings is 1. The van der Waals surface area contributed by atoms with Crippen molar-refractivity contribution >= 4 is 24.0 Å². The molecular formula is C16H21ClN4O. The Morgan fingerprint density at radius 1 is 1.32 bits per heavy atom. The van der Waals surface area contributed by atoms with Gasteiger partial charge in [0.15, 0.2) is 0 Å². The van der Waals surface area contributed by atoms with Crippen molar-refractivity contribution in [2.24, 2.45) is 5.73 Å². The Bertz CT molecular complexity index is 625. The van der Waals surface area contributed by atoms with Gasteiger partial charge in [-0.2, -0.15) is 0 Å². The number of aromatic nitrogens is 2. The lowest BCUT2D eigenvalue weighted by Crippen LogP contribution is -2.32. The molecule has 6 heteroatoms. The van der Waals surface area contributed by atoms with Gasteiger partial charge in [0.1, 0.15) is 5.82 Å². The highest BCUT2D eigenvalue weighted by atomic mass is 35.5. The number of carbonyl (C=O) groups excluding carboxylic acids is 1. The average molecular weight is 321 g/mol. The Morgan fingerprint density at radius 2 is 2.05 bits per heavy atom. The first-order valence-corrected chi connectivity index (χ1v) is 7.36. The van der Waals surface area contributed by atoms with Gasteiger partial charge in [0.25, 0.3) is 0 Å². The Hall–Kier alpha value is -1.85. The van der Waals surface area contributed by atoms with Crippen molar-refractivity contribution in [1.29, 1.82) is 0 Å². The van der Waals surface area contributed by atoms with Crippen LogP contribution in [-0.4, -0.2) is 21.5 Å². The molecular weight excluding hydrogens is 300 g/mol. The van der Waals surface area contributed by atoms with Crippen LogP contribution in [0.1, 0.15) is 25.6 Å². The number of amides is 1. The standard InChI is InChI=1S/C16H20N4O.ClH/c1-11(17)16(21)18-13-7-5-12(6-8-13)14-10-20-9-3-2-4-15(20)19-14;/h5-8,10-11H,2-4,9,17H2,1H3,(H,18,21);1H.